The van der Waals surface area contributed by atoms with E-state index in [0.717, 1.165) is 18.8 Å². The average Bonchev–Trinajstić information content (AvgIpc) is 1.83. The number of rotatable bonds is 1. The van der Waals surface area contributed by atoms with Crippen molar-refractivity contribution in [1.29, 1.82) is 0 Å². The second kappa shape index (κ2) is 2.26. The van der Waals surface area contributed by atoms with Crippen LogP contribution in [0.2, 0.25) is 0 Å². The summed E-state index contributed by atoms with van der Waals surface area (Å²) in [6.07, 6.45) is 0. The van der Waals surface area contributed by atoms with Gasteiger partial charge in [-0.15, -0.1) is 5.73 Å². The molecule has 1 unspecified atom stereocenters. The minimum absolute atomic E-state index is 0.197. The van der Waals surface area contributed by atoms with Crippen molar-refractivity contribution in [2.24, 2.45) is 5.73 Å². The number of likely N-dealkylation sites (N-methyl/N-ethyl adjacent to an activating group) is 1. The van der Waals surface area contributed by atoms with Gasteiger partial charge in [0.15, 0.2) is 0 Å². The van der Waals surface area contributed by atoms with Gasteiger partial charge in [-0.1, -0.05) is 6.58 Å². The molecule has 2 heteroatoms. The monoisotopic (exact) mass is 124 g/mol. The fourth-order valence-corrected chi connectivity index (χ4v) is 1.09. The molecule has 9 heavy (non-hydrogen) atoms. The van der Waals surface area contributed by atoms with Gasteiger partial charge >= 0.3 is 0 Å². The zero-order valence-corrected chi connectivity index (χ0v) is 5.72. The van der Waals surface area contributed by atoms with Crippen LogP contribution in [0.3, 0.4) is 0 Å². The van der Waals surface area contributed by atoms with Crippen LogP contribution in [0.4, 0.5) is 0 Å². The molecule has 0 radical (unpaired) electrons. The highest BCUT2D eigenvalue weighted by atomic mass is 15.2. The van der Waals surface area contributed by atoms with Crippen LogP contribution < -0.4 is 5.73 Å². The fraction of sp³-hybridized carbons (Fsp3) is 0.571. The van der Waals surface area contributed by atoms with Gasteiger partial charge in [0.1, 0.15) is 0 Å². The molecular weight excluding hydrogens is 112 g/mol. The first-order valence-electron chi connectivity index (χ1n) is 3.20. The van der Waals surface area contributed by atoms with Crippen molar-refractivity contribution < 1.29 is 0 Å². The Bertz CT molecular complexity index is 156. The molecule has 0 saturated carbocycles. The van der Waals surface area contributed by atoms with Crippen molar-refractivity contribution in [3.8, 4) is 0 Å². The van der Waals surface area contributed by atoms with Gasteiger partial charge in [0.05, 0.1) is 11.7 Å². The molecule has 1 atom stereocenters. The number of likely N-dealkylation sites (tertiary alicyclic amines) is 1. The second-order valence-electron chi connectivity index (χ2n) is 2.21. The van der Waals surface area contributed by atoms with E-state index in [1.807, 2.05) is 0 Å². The van der Waals surface area contributed by atoms with E-state index in [1.54, 1.807) is 0 Å². The van der Waals surface area contributed by atoms with Crippen LogP contribution in [0.25, 0.3) is 0 Å². The lowest BCUT2D eigenvalue weighted by molar-refractivity contribution is 0.238. The molecule has 0 spiro atoms. The zero-order valence-electron chi connectivity index (χ0n) is 5.72. The molecule has 0 aromatic rings. The number of hydrogen-bond acceptors (Lipinski definition) is 2. The van der Waals surface area contributed by atoms with E-state index in [1.165, 1.54) is 0 Å². The quantitative estimate of drug-likeness (QED) is 0.510. The maximum atomic E-state index is 5.62. The summed E-state index contributed by atoms with van der Waals surface area (Å²) < 4.78 is 0. The molecule has 1 fully saturated rings. The Balaban J connectivity index is 2.58. The van der Waals surface area contributed by atoms with Gasteiger partial charge in [-0.2, -0.15) is 0 Å². The Hall–Kier alpha value is -0.720. The molecule has 2 N–H and O–H groups in total. The summed E-state index contributed by atoms with van der Waals surface area (Å²) in [5.41, 5.74) is 9.50. The number of nitrogens with zero attached hydrogens (tertiary/aromatic N) is 1. The minimum Gasteiger partial charge on any atom is -0.366 e. The maximum absolute atomic E-state index is 5.62. The van der Waals surface area contributed by atoms with Crippen LogP contribution in [0.1, 0.15) is 6.92 Å². The second-order valence-corrected chi connectivity index (χ2v) is 2.21. The summed E-state index contributed by atoms with van der Waals surface area (Å²) in [6.45, 7) is 7.63. The van der Waals surface area contributed by atoms with Crippen LogP contribution in [0.15, 0.2) is 18.0 Å². The van der Waals surface area contributed by atoms with Crippen LogP contribution in [-0.2, 0) is 0 Å². The molecule has 1 saturated heterocycles. The van der Waals surface area contributed by atoms with E-state index in [0.29, 0.717) is 0 Å². The SMILES string of the molecule is C=C=C1C(N)CN1CC. The molecule has 0 aliphatic carbocycles. The van der Waals surface area contributed by atoms with E-state index in [9.17, 15) is 0 Å². The minimum atomic E-state index is 0.197. The largest absolute Gasteiger partial charge is 0.366 e. The summed E-state index contributed by atoms with van der Waals surface area (Å²) in [7, 11) is 0. The lowest BCUT2D eigenvalue weighted by Gasteiger charge is -2.39. The molecule has 2 nitrogen and oxygen atoms in total. The predicted molar refractivity (Wildman–Crippen MR) is 37.9 cm³/mol. The first-order valence-corrected chi connectivity index (χ1v) is 3.20. The molecule has 0 aromatic carbocycles. The first kappa shape index (κ1) is 6.40. The molecule has 0 bridgehead atoms. The summed E-state index contributed by atoms with van der Waals surface area (Å²) >= 11 is 0. The molecule has 0 aromatic heterocycles. The summed E-state index contributed by atoms with van der Waals surface area (Å²) in [6, 6.07) is 0.197. The van der Waals surface area contributed by atoms with Gasteiger partial charge in [0, 0.05) is 13.1 Å². The predicted octanol–water partition coefficient (Wildman–Crippen LogP) is 0.318. The van der Waals surface area contributed by atoms with E-state index in [4.69, 9.17) is 5.73 Å². The van der Waals surface area contributed by atoms with Gasteiger partial charge in [0.2, 0.25) is 0 Å². The lowest BCUT2D eigenvalue weighted by Crippen LogP contribution is -2.52. The highest BCUT2D eigenvalue weighted by Crippen LogP contribution is 2.17. The Morgan fingerprint density at radius 3 is 2.89 bits per heavy atom. The molecule has 1 aliphatic rings. The van der Waals surface area contributed by atoms with Crippen molar-refractivity contribution in [1.82, 2.24) is 4.90 Å². The topological polar surface area (TPSA) is 29.3 Å². The van der Waals surface area contributed by atoms with E-state index >= 15 is 0 Å². The van der Waals surface area contributed by atoms with Crippen molar-refractivity contribution in [3.05, 3.63) is 18.0 Å². The third kappa shape index (κ3) is 0.869. The Labute approximate surface area is 55.6 Å². The summed E-state index contributed by atoms with van der Waals surface area (Å²) in [5, 5.41) is 0. The van der Waals surface area contributed by atoms with Crippen LogP contribution in [0, 0.1) is 0 Å². The molecule has 50 valence electrons. The van der Waals surface area contributed by atoms with Gasteiger partial charge in [0.25, 0.3) is 0 Å². The van der Waals surface area contributed by atoms with E-state index < -0.39 is 0 Å². The number of hydrogen-bond donors (Lipinski definition) is 1. The molecule has 1 heterocycles. The summed E-state index contributed by atoms with van der Waals surface area (Å²) in [5.74, 6) is 0. The molecular formula is C7H12N2. The first-order chi connectivity index (χ1) is 4.29. The Morgan fingerprint density at radius 2 is 2.67 bits per heavy atom. The standard InChI is InChI=1S/C7H12N2/c1-3-7-6(8)5-9(7)4-2/h6H,1,4-5,8H2,2H3. The van der Waals surface area contributed by atoms with Crippen LogP contribution in [-0.4, -0.2) is 24.0 Å². The van der Waals surface area contributed by atoms with Gasteiger partial charge in [-0.05, 0) is 6.92 Å². The third-order valence-corrected chi connectivity index (χ3v) is 1.67. The van der Waals surface area contributed by atoms with E-state index in [2.05, 4.69) is 24.1 Å². The van der Waals surface area contributed by atoms with Crippen molar-refractivity contribution in [3.63, 3.8) is 0 Å². The van der Waals surface area contributed by atoms with Gasteiger partial charge < -0.3 is 10.6 Å². The Kier molecular flexibility index (Phi) is 1.60. The highest BCUT2D eigenvalue weighted by Gasteiger charge is 2.26. The van der Waals surface area contributed by atoms with Gasteiger partial charge in [-0.3, -0.25) is 0 Å². The van der Waals surface area contributed by atoms with Crippen molar-refractivity contribution in [2.45, 2.75) is 13.0 Å². The van der Waals surface area contributed by atoms with E-state index in [-0.39, 0.29) is 6.04 Å². The van der Waals surface area contributed by atoms with Crippen molar-refractivity contribution in [2.75, 3.05) is 13.1 Å². The van der Waals surface area contributed by atoms with Gasteiger partial charge in [-0.25, -0.2) is 0 Å². The highest BCUT2D eigenvalue weighted by molar-refractivity contribution is 5.16. The number of nitrogens with two attached hydrogens (primary N) is 1. The van der Waals surface area contributed by atoms with Crippen LogP contribution >= 0.6 is 0 Å². The molecule has 0 amide bonds. The molecule has 1 rings (SSSR count). The smallest absolute Gasteiger partial charge is 0.0747 e. The fourth-order valence-electron chi connectivity index (χ4n) is 1.09. The summed E-state index contributed by atoms with van der Waals surface area (Å²) in [4.78, 5) is 2.16. The normalized spacial score (nSPS) is 25.3. The average molecular weight is 124 g/mol. The zero-order chi connectivity index (χ0) is 6.85. The maximum Gasteiger partial charge on any atom is 0.0747 e. The third-order valence-electron chi connectivity index (χ3n) is 1.67. The lowest BCUT2D eigenvalue weighted by atomic mass is 10.1. The Morgan fingerprint density at radius 1 is 2.00 bits per heavy atom. The van der Waals surface area contributed by atoms with Crippen molar-refractivity contribution >= 4 is 0 Å². The van der Waals surface area contributed by atoms with Crippen LogP contribution in [0.5, 0.6) is 0 Å². The molecule has 1 aliphatic heterocycles.